The monoisotopic (exact) mass is 303 g/mol. The molecule has 118 valence electrons. The van der Waals surface area contributed by atoms with E-state index in [0.29, 0.717) is 17.4 Å². The van der Waals surface area contributed by atoms with E-state index in [4.69, 9.17) is 5.73 Å². The van der Waals surface area contributed by atoms with Crippen molar-refractivity contribution in [1.29, 1.82) is 0 Å². The molecule has 4 rings (SSSR count). The van der Waals surface area contributed by atoms with Gasteiger partial charge in [0.1, 0.15) is 0 Å². The highest BCUT2D eigenvalue weighted by Crippen LogP contribution is 2.65. The first kappa shape index (κ1) is 17.8. The Bertz CT molecular complexity index is 321. The van der Waals surface area contributed by atoms with Gasteiger partial charge >= 0.3 is 5.97 Å². The molecule has 4 aliphatic rings. The highest BCUT2D eigenvalue weighted by atomic mass is 35.5. The summed E-state index contributed by atoms with van der Waals surface area (Å²) in [6.07, 6.45) is 8.27. The predicted molar refractivity (Wildman–Crippen MR) is 83.9 cm³/mol. The van der Waals surface area contributed by atoms with Crippen LogP contribution in [0.2, 0.25) is 0 Å². The second kappa shape index (κ2) is 5.84. The summed E-state index contributed by atoms with van der Waals surface area (Å²) in [5.74, 6) is 0.744. The highest BCUT2D eigenvalue weighted by Gasteiger charge is 2.58. The lowest BCUT2D eigenvalue weighted by Gasteiger charge is -2.64. The first-order chi connectivity index (χ1) is 8.68. The summed E-state index contributed by atoms with van der Waals surface area (Å²) in [7, 11) is 0. The van der Waals surface area contributed by atoms with Gasteiger partial charge in [0.25, 0.3) is 0 Å². The number of carbonyl (C=O) groups is 1. The Morgan fingerprint density at radius 1 is 1.15 bits per heavy atom. The Morgan fingerprint density at radius 2 is 1.65 bits per heavy atom. The van der Waals surface area contributed by atoms with Crippen LogP contribution in [0.3, 0.4) is 0 Å². The van der Waals surface area contributed by atoms with Crippen LogP contribution in [0.5, 0.6) is 0 Å². The van der Waals surface area contributed by atoms with Crippen LogP contribution in [0.15, 0.2) is 0 Å². The molecule has 0 amide bonds. The molecule has 0 aliphatic heterocycles. The van der Waals surface area contributed by atoms with Crippen molar-refractivity contribution in [3.05, 3.63) is 0 Å². The number of hydrogen-bond acceptors (Lipinski definition) is 3. The normalized spacial score (nSPS) is 44.1. The summed E-state index contributed by atoms with van der Waals surface area (Å²) in [6, 6.07) is 0. The van der Waals surface area contributed by atoms with Crippen LogP contribution in [-0.2, 0) is 9.53 Å². The minimum atomic E-state index is -0.211. The first-order valence-corrected chi connectivity index (χ1v) is 7.60. The van der Waals surface area contributed by atoms with Crippen molar-refractivity contribution in [2.75, 3.05) is 6.61 Å². The fourth-order valence-electron chi connectivity index (χ4n) is 5.74. The van der Waals surface area contributed by atoms with Crippen LogP contribution in [-0.4, -0.2) is 18.1 Å². The maximum Gasteiger partial charge on any atom is 0.302 e. The predicted octanol–water partition coefficient (Wildman–Crippen LogP) is 3.69. The SMILES string of the molecule is CC12CC3CC(C)(C1)CC(N)(C3)C2.CCOC(C)=O.Cl. The van der Waals surface area contributed by atoms with Crippen LogP contribution in [0.25, 0.3) is 0 Å². The molecule has 2 atom stereocenters. The van der Waals surface area contributed by atoms with E-state index >= 15 is 0 Å². The maximum atomic E-state index is 9.82. The van der Waals surface area contributed by atoms with Crippen molar-refractivity contribution in [3.63, 3.8) is 0 Å². The standard InChI is InChI=1S/C12H21N.C4H8O2.ClH/c1-10-3-9-4-11(2,6-10)8-12(13,5-9)7-10;1-3-6-4(2)5;/h9H,3-8,13H2,1-2H3;3H2,1-2H3;1H. The molecule has 20 heavy (non-hydrogen) atoms. The van der Waals surface area contributed by atoms with Crippen LogP contribution in [0, 0.1) is 16.7 Å². The van der Waals surface area contributed by atoms with Crippen molar-refractivity contribution < 1.29 is 9.53 Å². The highest BCUT2D eigenvalue weighted by molar-refractivity contribution is 5.85. The quantitative estimate of drug-likeness (QED) is 0.752. The molecule has 0 aromatic heterocycles. The van der Waals surface area contributed by atoms with Crippen molar-refractivity contribution >= 4 is 18.4 Å². The lowest BCUT2D eigenvalue weighted by Crippen LogP contribution is -2.62. The van der Waals surface area contributed by atoms with Gasteiger partial charge in [-0.3, -0.25) is 4.79 Å². The van der Waals surface area contributed by atoms with Crippen LogP contribution >= 0.6 is 12.4 Å². The van der Waals surface area contributed by atoms with Gasteiger partial charge in [0, 0.05) is 12.5 Å². The van der Waals surface area contributed by atoms with Crippen LogP contribution in [0.1, 0.15) is 66.2 Å². The molecule has 0 radical (unpaired) electrons. The van der Waals surface area contributed by atoms with E-state index in [1.54, 1.807) is 6.92 Å². The van der Waals surface area contributed by atoms with Gasteiger partial charge in [0.05, 0.1) is 6.61 Å². The molecule has 0 aromatic carbocycles. The number of ether oxygens (including phenoxy) is 1. The molecule has 2 unspecified atom stereocenters. The third-order valence-corrected chi connectivity index (χ3v) is 5.02. The Kier molecular flexibility index (Phi) is 5.19. The van der Waals surface area contributed by atoms with Gasteiger partial charge in [0.2, 0.25) is 0 Å². The molecule has 2 N–H and O–H groups in total. The van der Waals surface area contributed by atoms with Crippen molar-refractivity contribution in [2.24, 2.45) is 22.5 Å². The van der Waals surface area contributed by atoms with E-state index in [0.717, 1.165) is 5.92 Å². The second-order valence-electron chi connectivity index (χ2n) is 7.92. The summed E-state index contributed by atoms with van der Waals surface area (Å²) < 4.78 is 4.40. The molecule has 0 aromatic rings. The number of esters is 1. The van der Waals surface area contributed by atoms with E-state index in [1.807, 2.05) is 0 Å². The minimum absolute atomic E-state index is 0. The zero-order chi connectivity index (χ0) is 14.3. The van der Waals surface area contributed by atoms with Crippen molar-refractivity contribution in [3.8, 4) is 0 Å². The molecule has 4 aliphatic carbocycles. The average Bonchev–Trinajstić information content (AvgIpc) is 2.08. The Hall–Kier alpha value is -0.280. The number of carbonyl (C=O) groups excluding carboxylic acids is 1. The topological polar surface area (TPSA) is 52.3 Å². The molecule has 4 fully saturated rings. The minimum Gasteiger partial charge on any atom is -0.466 e. The summed E-state index contributed by atoms with van der Waals surface area (Å²) in [4.78, 5) is 9.82. The van der Waals surface area contributed by atoms with Gasteiger partial charge in [-0.2, -0.15) is 0 Å². The van der Waals surface area contributed by atoms with E-state index in [9.17, 15) is 4.79 Å². The fraction of sp³-hybridized carbons (Fsp3) is 0.938. The molecule has 0 spiro atoms. The molecule has 4 bridgehead atoms. The zero-order valence-electron chi connectivity index (χ0n) is 13.3. The number of hydrogen-bond donors (Lipinski definition) is 1. The van der Waals surface area contributed by atoms with E-state index < -0.39 is 0 Å². The third kappa shape index (κ3) is 3.88. The molecule has 0 heterocycles. The van der Waals surface area contributed by atoms with Crippen molar-refractivity contribution in [2.45, 2.75) is 71.8 Å². The smallest absolute Gasteiger partial charge is 0.302 e. The summed E-state index contributed by atoms with van der Waals surface area (Å²) in [5.41, 5.74) is 7.92. The maximum absolute atomic E-state index is 9.82. The number of nitrogens with two attached hydrogens (primary N) is 1. The first-order valence-electron chi connectivity index (χ1n) is 7.60. The summed E-state index contributed by atoms with van der Waals surface area (Å²) in [6.45, 7) is 8.59. The van der Waals surface area contributed by atoms with Gasteiger partial charge in [-0.1, -0.05) is 13.8 Å². The molecule has 0 saturated heterocycles. The lowest BCUT2D eigenvalue weighted by atomic mass is 9.43. The van der Waals surface area contributed by atoms with Crippen LogP contribution in [0.4, 0.5) is 0 Å². The second-order valence-corrected chi connectivity index (χ2v) is 7.92. The largest absolute Gasteiger partial charge is 0.466 e. The van der Waals surface area contributed by atoms with Gasteiger partial charge in [0.15, 0.2) is 0 Å². The Labute approximate surface area is 129 Å². The molecule has 4 saturated carbocycles. The molecule has 3 nitrogen and oxygen atoms in total. The zero-order valence-corrected chi connectivity index (χ0v) is 14.1. The van der Waals surface area contributed by atoms with Gasteiger partial charge in [-0.05, 0) is 62.2 Å². The van der Waals surface area contributed by atoms with Crippen LogP contribution < -0.4 is 5.73 Å². The lowest BCUT2D eigenvalue weighted by molar-refractivity contribution is -0.140. The van der Waals surface area contributed by atoms with E-state index in [-0.39, 0.29) is 23.9 Å². The Morgan fingerprint density at radius 3 is 1.90 bits per heavy atom. The van der Waals surface area contributed by atoms with Gasteiger partial charge in [-0.25, -0.2) is 0 Å². The number of rotatable bonds is 1. The van der Waals surface area contributed by atoms with Crippen molar-refractivity contribution in [1.82, 2.24) is 0 Å². The van der Waals surface area contributed by atoms with E-state index in [2.05, 4.69) is 18.6 Å². The Balaban J connectivity index is 0.000000250. The molecular weight excluding hydrogens is 274 g/mol. The van der Waals surface area contributed by atoms with Gasteiger partial charge < -0.3 is 10.5 Å². The summed E-state index contributed by atoms with van der Waals surface area (Å²) in [5, 5.41) is 0. The molecule has 4 heteroatoms. The third-order valence-electron chi connectivity index (χ3n) is 5.02. The van der Waals surface area contributed by atoms with Gasteiger partial charge in [-0.15, -0.1) is 12.4 Å². The fourth-order valence-corrected chi connectivity index (χ4v) is 5.74. The molecular formula is C16H30ClNO2. The number of halogens is 1. The average molecular weight is 304 g/mol. The summed E-state index contributed by atoms with van der Waals surface area (Å²) >= 11 is 0. The van der Waals surface area contributed by atoms with E-state index in [1.165, 1.54) is 45.4 Å².